The van der Waals surface area contributed by atoms with Gasteiger partial charge in [-0.15, -0.1) is 11.3 Å². The molecule has 3 aromatic carbocycles. The van der Waals surface area contributed by atoms with Gasteiger partial charge in [-0.1, -0.05) is 23.7 Å². The number of piperazine rings is 1. The molecule has 1 fully saturated rings. The average molecular weight is 632 g/mol. The standard InChI is InChI=1S/C33H34ClN5O4S/c1-18-15-23-29(27(19-7-10-21(34)11-8-19)26(18)28(32(41)42)43-33(2,3)4)44-31(35-23)20-9-12-24-22(16-20)30(36-38(24)6)39-14-13-37(5)25(40)17-39/h7-12,15-16,28H,13-14,17H2,1-6H3,(H,41,42). The maximum Gasteiger partial charge on any atom is 0.337 e. The Morgan fingerprint density at radius 1 is 1.07 bits per heavy atom. The third-order valence-corrected chi connectivity index (χ3v) is 9.24. The summed E-state index contributed by atoms with van der Waals surface area (Å²) in [5.41, 5.74) is 4.94. The molecule has 6 rings (SSSR count). The monoisotopic (exact) mass is 631 g/mol. The summed E-state index contributed by atoms with van der Waals surface area (Å²) in [7, 11) is 3.73. The molecule has 0 bridgehead atoms. The third-order valence-electron chi connectivity index (χ3n) is 7.85. The molecule has 5 aromatic rings. The lowest BCUT2D eigenvalue weighted by Gasteiger charge is -2.32. The molecular formula is C33H34ClN5O4S. The van der Waals surface area contributed by atoms with E-state index in [4.69, 9.17) is 26.4 Å². The first-order valence-electron chi connectivity index (χ1n) is 14.4. The number of carboxylic acid groups (broad SMARTS) is 1. The highest BCUT2D eigenvalue weighted by Gasteiger charge is 2.32. The van der Waals surface area contributed by atoms with Gasteiger partial charge in [0, 0.05) is 54.3 Å². The Bertz CT molecular complexity index is 1930. The Balaban J connectivity index is 1.53. The second-order valence-electron chi connectivity index (χ2n) is 12.2. The molecule has 0 aliphatic carbocycles. The first-order valence-corrected chi connectivity index (χ1v) is 15.6. The number of fused-ring (bicyclic) bond motifs is 2. The van der Waals surface area contributed by atoms with Crippen molar-refractivity contribution in [2.75, 3.05) is 31.6 Å². The minimum absolute atomic E-state index is 0.0633. The van der Waals surface area contributed by atoms with Crippen molar-refractivity contribution < 1.29 is 19.4 Å². The molecule has 9 nitrogen and oxygen atoms in total. The van der Waals surface area contributed by atoms with Gasteiger partial charge >= 0.3 is 5.97 Å². The van der Waals surface area contributed by atoms with Crippen LogP contribution in [-0.4, -0.2) is 68.9 Å². The second-order valence-corrected chi connectivity index (χ2v) is 13.7. The number of amides is 1. The highest BCUT2D eigenvalue weighted by atomic mass is 35.5. The zero-order chi connectivity index (χ0) is 31.5. The van der Waals surface area contributed by atoms with E-state index >= 15 is 0 Å². The van der Waals surface area contributed by atoms with Crippen molar-refractivity contribution in [3.63, 3.8) is 0 Å². The van der Waals surface area contributed by atoms with Crippen molar-refractivity contribution in [1.82, 2.24) is 19.7 Å². The van der Waals surface area contributed by atoms with Gasteiger partial charge in [0.05, 0.1) is 27.9 Å². The van der Waals surface area contributed by atoms with E-state index in [-0.39, 0.29) is 12.5 Å². The highest BCUT2D eigenvalue weighted by molar-refractivity contribution is 7.22. The minimum atomic E-state index is -1.18. The SMILES string of the molecule is Cc1cc2nc(-c3ccc4c(c3)c(N3CCN(C)C(=O)C3)nn4C)sc2c(-c2ccc(Cl)cc2)c1C(OC(C)(C)C)C(=O)O. The van der Waals surface area contributed by atoms with Gasteiger partial charge in [0.2, 0.25) is 5.91 Å². The normalized spacial score (nSPS) is 15.0. The third kappa shape index (κ3) is 5.53. The molecule has 44 heavy (non-hydrogen) atoms. The number of anilines is 1. The summed E-state index contributed by atoms with van der Waals surface area (Å²) >= 11 is 7.76. The van der Waals surface area contributed by atoms with Crippen molar-refractivity contribution in [3.8, 4) is 21.7 Å². The first-order chi connectivity index (χ1) is 20.8. The lowest BCUT2D eigenvalue weighted by molar-refractivity contribution is -0.160. The number of halogens is 1. The molecule has 1 aliphatic heterocycles. The summed E-state index contributed by atoms with van der Waals surface area (Å²) in [6.07, 6.45) is -1.18. The molecule has 11 heteroatoms. The number of aliphatic carboxylic acids is 1. The van der Waals surface area contributed by atoms with E-state index in [2.05, 4.69) is 6.07 Å². The first kappa shape index (κ1) is 30.1. The van der Waals surface area contributed by atoms with Gasteiger partial charge in [-0.25, -0.2) is 9.78 Å². The minimum Gasteiger partial charge on any atom is -0.479 e. The van der Waals surface area contributed by atoms with E-state index in [1.807, 2.05) is 81.7 Å². The Hall–Kier alpha value is -3.99. The van der Waals surface area contributed by atoms with Crippen LogP contribution in [0.4, 0.5) is 5.82 Å². The zero-order valence-electron chi connectivity index (χ0n) is 25.5. The van der Waals surface area contributed by atoms with Crippen LogP contribution in [0.5, 0.6) is 0 Å². The van der Waals surface area contributed by atoms with E-state index < -0.39 is 17.7 Å². The molecule has 1 N–H and O–H groups in total. The van der Waals surface area contributed by atoms with Crippen LogP contribution in [0, 0.1) is 6.92 Å². The van der Waals surface area contributed by atoms with Crippen LogP contribution in [0.1, 0.15) is 38.0 Å². The fourth-order valence-electron chi connectivity index (χ4n) is 5.72. The van der Waals surface area contributed by atoms with Gasteiger partial charge in [0.15, 0.2) is 11.9 Å². The van der Waals surface area contributed by atoms with Crippen LogP contribution in [-0.2, 0) is 21.4 Å². The van der Waals surface area contributed by atoms with E-state index in [9.17, 15) is 14.7 Å². The number of nitrogens with zero attached hydrogens (tertiary/aromatic N) is 5. The smallest absolute Gasteiger partial charge is 0.337 e. The van der Waals surface area contributed by atoms with Crippen molar-refractivity contribution in [1.29, 1.82) is 0 Å². The Morgan fingerprint density at radius 3 is 2.43 bits per heavy atom. The fraction of sp³-hybridized carbons (Fsp3) is 0.333. The topological polar surface area (TPSA) is 101 Å². The van der Waals surface area contributed by atoms with Crippen LogP contribution in [0.15, 0.2) is 48.5 Å². The number of carbonyl (C=O) groups is 2. The quantitative estimate of drug-likeness (QED) is 0.223. The molecule has 228 valence electrons. The molecule has 0 radical (unpaired) electrons. The van der Waals surface area contributed by atoms with E-state index in [0.29, 0.717) is 23.7 Å². The van der Waals surface area contributed by atoms with Crippen LogP contribution >= 0.6 is 22.9 Å². The number of hydrogen-bond acceptors (Lipinski definition) is 7. The summed E-state index contributed by atoms with van der Waals surface area (Å²) in [5, 5.41) is 17.5. The molecule has 1 aliphatic rings. The van der Waals surface area contributed by atoms with Crippen LogP contribution < -0.4 is 4.90 Å². The summed E-state index contributed by atoms with van der Waals surface area (Å²) in [5.74, 6) is -0.219. The lowest BCUT2D eigenvalue weighted by Crippen LogP contribution is -2.48. The summed E-state index contributed by atoms with van der Waals surface area (Å²) in [6, 6.07) is 15.5. The highest BCUT2D eigenvalue weighted by Crippen LogP contribution is 2.45. The van der Waals surface area contributed by atoms with Crippen LogP contribution in [0.25, 0.3) is 42.8 Å². The summed E-state index contributed by atoms with van der Waals surface area (Å²) < 4.78 is 8.85. The number of benzene rings is 3. The predicted molar refractivity (Wildman–Crippen MR) is 176 cm³/mol. The van der Waals surface area contributed by atoms with E-state index in [1.54, 1.807) is 17.0 Å². The number of carbonyl (C=O) groups excluding carboxylic acids is 1. The number of ether oxygens (including phenoxy) is 1. The van der Waals surface area contributed by atoms with E-state index in [1.165, 1.54) is 11.3 Å². The Morgan fingerprint density at radius 2 is 1.77 bits per heavy atom. The zero-order valence-corrected chi connectivity index (χ0v) is 27.1. The van der Waals surface area contributed by atoms with Crippen molar-refractivity contribution in [2.45, 2.75) is 39.4 Å². The average Bonchev–Trinajstić information content (AvgIpc) is 3.53. The lowest BCUT2D eigenvalue weighted by atomic mass is 9.91. The number of aromatic nitrogens is 3. The maximum atomic E-state index is 12.7. The van der Waals surface area contributed by atoms with Crippen molar-refractivity contribution in [3.05, 3.63) is 64.7 Å². The van der Waals surface area contributed by atoms with Gasteiger partial charge in [0.1, 0.15) is 5.01 Å². The molecule has 1 atom stereocenters. The van der Waals surface area contributed by atoms with Crippen molar-refractivity contribution >= 4 is 61.8 Å². The number of rotatable bonds is 6. The largest absolute Gasteiger partial charge is 0.479 e. The molecule has 0 saturated carbocycles. The molecule has 2 aromatic heterocycles. The number of aryl methyl sites for hydroxylation is 2. The molecule has 0 spiro atoms. The molecule has 3 heterocycles. The molecule has 1 unspecified atom stereocenters. The van der Waals surface area contributed by atoms with Crippen molar-refractivity contribution in [2.24, 2.45) is 7.05 Å². The van der Waals surface area contributed by atoms with Gasteiger partial charge in [0.25, 0.3) is 0 Å². The number of thiazole rings is 1. The fourth-order valence-corrected chi connectivity index (χ4v) is 6.96. The number of carboxylic acids is 1. The Labute approximate surface area is 264 Å². The van der Waals surface area contributed by atoms with Gasteiger partial charge in [-0.2, -0.15) is 5.10 Å². The van der Waals surface area contributed by atoms with Crippen LogP contribution in [0.2, 0.25) is 5.02 Å². The Kier molecular flexibility index (Phi) is 7.63. The summed E-state index contributed by atoms with van der Waals surface area (Å²) in [4.78, 5) is 34.0. The predicted octanol–water partition coefficient (Wildman–Crippen LogP) is 6.70. The van der Waals surface area contributed by atoms with Gasteiger partial charge in [-0.05, 0) is 75.2 Å². The number of likely N-dealkylation sites (N-methyl/N-ethyl adjacent to an activating group) is 1. The van der Waals surface area contributed by atoms with E-state index in [0.717, 1.165) is 54.2 Å². The van der Waals surface area contributed by atoms with Gasteiger partial charge in [-0.3, -0.25) is 9.48 Å². The maximum absolute atomic E-state index is 12.7. The number of hydrogen-bond donors (Lipinski definition) is 1. The molecular weight excluding hydrogens is 598 g/mol. The van der Waals surface area contributed by atoms with Crippen LogP contribution in [0.3, 0.4) is 0 Å². The summed E-state index contributed by atoms with van der Waals surface area (Å²) in [6.45, 7) is 9.08. The molecule has 1 amide bonds. The van der Waals surface area contributed by atoms with Gasteiger partial charge < -0.3 is 19.6 Å². The molecule has 1 saturated heterocycles. The second kappa shape index (κ2) is 11.2.